The Morgan fingerprint density at radius 3 is 2.71 bits per heavy atom. The number of hydrogen-bond donors (Lipinski definition) is 3. The normalized spacial score (nSPS) is 11.6. The van der Waals surface area contributed by atoms with Crippen LogP contribution in [0, 0.1) is 15.9 Å². The molecule has 0 radical (unpaired) electrons. The smallest absolute Gasteiger partial charge is 0.319 e. The number of hydrogen-bond acceptors (Lipinski definition) is 4. The summed E-state index contributed by atoms with van der Waals surface area (Å²) in [5.74, 6) is -0.583. The average Bonchev–Trinajstić information content (AvgIpc) is 2.54. The number of carbonyl (C=O) groups excluding carboxylic acids is 1. The third kappa shape index (κ3) is 4.40. The number of nitrogens with zero attached hydrogens (tertiary/aromatic N) is 1. The van der Waals surface area contributed by atoms with E-state index in [1.165, 1.54) is 30.3 Å². The molecule has 0 fully saturated rings. The molecule has 2 aromatic rings. The first-order valence-electron chi connectivity index (χ1n) is 6.79. The van der Waals surface area contributed by atoms with E-state index in [0.29, 0.717) is 0 Å². The van der Waals surface area contributed by atoms with E-state index in [1.54, 1.807) is 6.07 Å². The van der Waals surface area contributed by atoms with E-state index in [2.05, 4.69) is 10.6 Å². The standard InChI is InChI=1S/C15H13ClFN3O4/c16-11-6-5-9(7-13(11)20(23)24)19-15(22)18-8-14(21)10-3-1-2-4-12(10)17/h1-7,14,21H,8H2,(H2,18,19,22)/t14-/m1/s1. The van der Waals surface area contributed by atoms with Gasteiger partial charge in [0.2, 0.25) is 0 Å². The summed E-state index contributed by atoms with van der Waals surface area (Å²) in [6, 6.07) is 8.73. The fourth-order valence-electron chi connectivity index (χ4n) is 1.95. The lowest BCUT2D eigenvalue weighted by molar-refractivity contribution is -0.384. The number of aliphatic hydroxyl groups is 1. The number of amides is 2. The largest absolute Gasteiger partial charge is 0.386 e. The van der Waals surface area contributed by atoms with Gasteiger partial charge in [-0.1, -0.05) is 29.8 Å². The van der Waals surface area contributed by atoms with Gasteiger partial charge in [0, 0.05) is 23.9 Å². The summed E-state index contributed by atoms with van der Waals surface area (Å²) in [6.07, 6.45) is -1.23. The minimum Gasteiger partial charge on any atom is -0.386 e. The van der Waals surface area contributed by atoms with Crippen LogP contribution in [0.4, 0.5) is 20.6 Å². The number of rotatable bonds is 5. The summed E-state index contributed by atoms with van der Waals surface area (Å²) >= 11 is 5.67. The van der Waals surface area contributed by atoms with Gasteiger partial charge in [-0.15, -0.1) is 0 Å². The van der Waals surface area contributed by atoms with Crippen LogP contribution in [0.15, 0.2) is 42.5 Å². The van der Waals surface area contributed by atoms with E-state index >= 15 is 0 Å². The second kappa shape index (κ2) is 7.71. The molecule has 1 atom stereocenters. The molecule has 126 valence electrons. The molecule has 2 aromatic carbocycles. The molecule has 0 heterocycles. The van der Waals surface area contributed by atoms with E-state index in [1.807, 2.05) is 0 Å². The Bertz CT molecular complexity index is 772. The first-order chi connectivity index (χ1) is 11.4. The predicted octanol–water partition coefficient (Wildman–Crippen LogP) is 3.24. The zero-order valence-electron chi connectivity index (χ0n) is 12.2. The van der Waals surface area contributed by atoms with Crippen LogP contribution >= 0.6 is 11.6 Å². The quantitative estimate of drug-likeness (QED) is 0.567. The van der Waals surface area contributed by atoms with Crippen molar-refractivity contribution >= 4 is 29.0 Å². The van der Waals surface area contributed by atoms with Crippen LogP contribution in [0.5, 0.6) is 0 Å². The predicted molar refractivity (Wildman–Crippen MR) is 86.5 cm³/mol. The Kier molecular flexibility index (Phi) is 5.67. The monoisotopic (exact) mass is 353 g/mol. The number of benzene rings is 2. The molecule has 9 heteroatoms. The Morgan fingerprint density at radius 2 is 2.04 bits per heavy atom. The van der Waals surface area contributed by atoms with E-state index < -0.39 is 22.9 Å². The first kappa shape index (κ1) is 17.6. The van der Waals surface area contributed by atoms with Gasteiger partial charge in [0.25, 0.3) is 5.69 Å². The molecular formula is C15H13ClFN3O4. The van der Waals surface area contributed by atoms with Crippen molar-refractivity contribution in [3.05, 3.63) is 69.0 Å². The summed E-state index contributed by atoms with van der Waals surface area (Å²) in [5.41, 5.74) is -0.134. The van der Waals surface area contributed by atoms with Crippen LogP contribution < -0.4 is 10.6 Å². The van der Waals surface area contributed by atoms with Gasteiger partial charge in [-0.05, 0) is 18.2 Å². The lowest BCUT2D eigenvalue weighted by Gasteiger charge is -2.13. The third-order valence-corrected chi connectivity index (χ3v) is 3.44. The molecule has 0 saturated carbocycles. The average molecular weight is 354 g/mol. The molecule has 0 aromatic heterocycles. The van der Waals surface area contributed by atoms with Crippen LogP contribution in [0.1, 0.15) is 11.7 Å². The minimum absolute atomic E-state index is 0.0547. The van der Waals surface area contributed by atoms with E-state index in [-0.39, 0.29) is 28.5 Å². The molecular weight excluding hydrogens is 341 g/mol. The highest BCUT2D eigenvalue weighted by Gasteiger charge is 2.15. The number of halogens is 2. The van der Waals surface area contributed by atoms with Gasteiger partial charge in [0.05, 0.1) is 11.0 Å². The van der Waals surface area contributed by atoms with E-state index in [9.17, 15) is 24.4 Å². The summed E-state index contributed by atoms with van der Waals surface area (Å²) in [5, 5.41) is 25.3. The van der Waals surface area contributed by atoms with Gasteiger partial charge in [0.1, 0.15) is 10.8 Å². The maximum absolute atomic E-state index is 13.5. The van der Waals surface area contributed by atoms with Crippen LogP contribution in [0.25, 0.3) is 0 Å². The Balaban J connectivity index is 1.95. The fraction of sp³-hybridized carbons (Fsp3) is 0.133. The molecule has 0 saturated heterocycles. The van der Waals surface area contributed by atoms with Crippen molar-refractivity contribution in [2.24, 2.45) is 0 Å². The number of anilines is 1. The van der Waals surface area contributed by atoms with Gasteiger partial charge in [-0.3, -0.25) is 10.1 Å². The number of aliphatic hydroxyl groups excluding tert-OH is 1. The minimum atomic E-state index is -1.23. The highest BCUT2D eigenvalue weighted by molar-refractivity contribution is 6.32. The molecule has 0 spiro atoms. The zero-order valence-corrected chi connectivity index (χ0v) is 13.0. The van der Waals surface area contributed by atoms with Crippen molar-refractivity contribution in [1.29, 1.82) is 0 Å². The molecule has 0 aliphatic carbocycles. The van der Waals surface area contributed by atoms with Crippen molar-refractivity contribution in [3.63, 3.8) is 0 Å². The molecule has 24 heavy (non-hydrogen) atoms. The molecule has 0 bridgehead atoms. The summed E-state index contributed by atoms with van der Waals surface area (Å²) in [6.45, 7) is -0.234. The van der Waals surface area contributed by atoms with Crippen molar-refractivity contribution in [2.75, 3.05) is 11.9 Å². The van der Waals surface area contributed by atoms with Gasteiger partial charge in [-0.2, -0.15) is 0 Å². The Labute approximate surface area is 141 Å². The highest BCUT2D eigenvalue weighted by Crippen LogP contribution is 2.27. The fourth-order valence-corrected chi connectivity index (χ4v) is 2.14. The number of nitrogens with one attached hydrogen (secondary N) is 2. The van der Waals surface area contributed by atoms with Gasteiger partial charge in [0.15, 0.2) is 0 Å². The van der Waals surface area contributed by atoms with Crippen molar-refractivity contribution in [3.8, 4) is 0 Å². The Hall–Kier alpha value is -2.71. The van der Waals surface area contributed by atoms with Gasteiger partial charge < -0.3 is 15.7 Å². The topological polar surface area (TPSA) is 104 Å². The molecule has 2 rings (SSSR count). The zero-order chi connectivity index (χ0) is 17.7. The maximum atomic E-state index is 13.5. The molecule has 0 aliphatic rings. The number of nitro benzene ring substituents is 1. The summed E-state index contributed by atoms with van der Waals surface area (Å²) < 4.78 is 13.5. The number of carbonyl (C=O) groups is 1. The molecule has 7 nitrogen and oxygen atoms in total. The van der Waals surface area contributed by atoms with Crippen LogP contribution in [0.3, 0.4) is 0 Å². The van der Waals surface area contributed by atoms with Crippen LogP contribution in [-0.2, 0) is 0 Å². The molecule has 3 N–H and O–H groups in total. The summed E-state index contributed by atoms with van der Waals surface area (Å²) in [4.78, 5) is 21.9. The van der Waals surface area contributed by atoms with Crippen molar-refractivity contribution < 1.29 is 19.2 Å². The van der Waals surface area contributed by atoms with Crippen LogP contribution in [-0.4, -0.2) is 22.6 Å². The SMILES string of the molecule is O=C(NC[C@@H](O)c1ccccc1F)Nc1ccc(Cl)c([N+](=O)[O-])c1. The Morgan fingerprint density at radius 1 is 1.33 bits per heavy atom. The first-order valence-corrected chi connectivity index (χ1v) is 7.17. The summed E-state index contributed by atoms with van der Waals surface area (Å²) in [7, 11) is 0. The van der Waals surface area contributed by atoms with E-state index in [4.69, 9.17) is 11.6 Å². The molecule has 2 amide bonds. The lowest BCUT2D eigenvalue weighted by Crippen LogP contribution is -2.32. The van der Waals surface area contributed by atoms with E-state index in [0.717, 1.165) is 6.07 Å². The molecule has 0 aliphatic heterocycles. The van der Waals surface area contributed by atoms with Crippen molar-refractivity contribution in [2.45, 2.75) is 6.10 Å². The lowest BCUT2D eigenvalue weighted by atomic mass is 10.1. The maximum Gasteiger partial charge on any atom is 0.319 e. The number of nitro groups is 1. The van der Waals surface area contributed by atoms with Gasteiger partial charge >= 0.3 is 6.03 Å². The molecule has 0 unspecified atom stereocenters. The van der Waals surface area contributed by atoms with Gasteiger partial charge in [-0.25, -0.2) is 9.18 Å². The number of urea groups is 1. The third-order valence-electron chi connectivity index (χ3n) is 3.12. The highest BCUT2D eigenvalue weighted by atomic mass is 35.5. The second-order valence-electron chi connectivity index (χ2n) is 4.80. The van der Waals surface area contributed by atoms with Crippen LogP contribution in [0.2, 0.25) is 5.02 Å². The van der Waals surface area contributed by atoms with Crippen molar-refractivity contribution in [1.82, 2.24) is 5.32 Å². The second-order valence-corrected chi connectivity index (χ2v) is 5.20.